The number of aryl methyl sites for hydroxylation is 2. The Hall–Kier alpha value is -1.94. The van der Waals surface area contributed by atoms with E-state index in [0.29, 0.717) is 23.5 Å². The summed E-state index contributed by atoms with van der Waals surface area (Å²) in [5, 5.41) is 0. The van der Waals surface area contributed by atoms with E-state index in [0.717, 1.165) is 11.6 Å². The summed E-state index contributed by atoms with van der Waals surface area (Å²) in [6.45, 7) is 5.88. The molecule has 0 bridgehead atoms. The van der Waals surface area contributed by atoms with Gasteiger partial charge in [-0.05, 0) is 38.5 Å². The van der Waals surface area contributed by atoms with Crippen molar-refractivity contribution in [1.82, 2.24) is 0 Å². The highest BCUT2D eigenvalue weighted by atomic mass is 19.1. The monoisotopic (exact) mass is 291 g/mol. The molecule has 112 valence electrons. The minimum atomic E-state index is -0.703. The van der Waals surface area contributed by atoms with Crippen LogP contribution in [0.5, 0.6) is 5.75 Å². The number of nitrogens with two attached hydrogens (primary N) is 1. The van der Waals surface area contributed by atoms with Gasteiger partial charge in [0, 0.05) is 17.2 Å². The Morgan fingerprint density at radius 3 is 2.43 bits per heavy atom. The third kappa shape index (κ3) is 3.22. The maximum Gasteiger partial charge on any atom is 0.131 e. The molecule has 0 spiro atoms. The van der Waals surface area contributed by atoms with Crippen molar-refractivity contribution in [3.8, 4) is 5.75 Å². The lowest BCUT2D eigenvalue weighted by Gasteiger charge is -2.19. The van der Waals surface area contributed by atoms with Crippen molar-refractivity contribution in [1.29, 1.82) is 0 Å². The highest BCUT2D eigenvalue weighted by molar-refractivity contribution is 5.44. The zero-order chi connectivity index (χ0) is 15.6. The summed E-state index contributed by atoms with van der Waals surface area (Å²) in [5.74, 6) is -0.593. The largest absolute Gasteiger partial charge is 0.494 e. The predicted octanol–water partition coefficient (Wildman–Crippen LogP) is 4.03. The molecule has 4 heteroatoms. The van der Waals surface area contributed by atoms with Gasteiger partial charge in [0.15, 0.2) is 0 Å². The first-order valence-electron chi connectivity index (χ1n) is 6.88. The van der Waals surface area contributed by atoms with Gasteiger partial charge in [0.05, 0.1) is 12.6 Å². The Kier molecular flexibility index (Phi) is 4.58. The van der Waals surface area contributed by atoms with Crippen molar-refractivity contribution < 1.29 is 13.5 Å². The average Bonchev–Trinajstić information content (AvgIpc) is 2.44. The summed E-state index contributed by atoms with van der Waals surface area (Å²) >= 11 is 0. The summed E-state index contributed by atoms with van der Waals surface area (Å²) < 4.78 is 33.0. The van der Waals surface area contributed by atoms with Crippen molar-refractivity contribution in [3.63, 3.8) is 0 Å². The van der Waals surface area contributed by atoms with Crippen molar-refractivity contribution in [2.75, 3.05) is 6.61 Å². The lowest BCUT2D eigenvalue weighted by Crippen LogP contribution is -2.16. The molecule has 2 nitrogen and oxygen atoms in total. The van der Waals surface area contributed by atoms with Crippen molar-refractivity contribution in [2.45, 2.75) is 26.8 Å². The molecule has 0 aliphatic carbocycles. The highest BCUT2D eigenvalue weighted by Crippen LogP contribution is 2.31. The van der Waals surface area contributed by atoms with Gasteiger partial charge in [-0.2, -0.15) is 0 Å². The lowest BCUT2D eigenvalue weighted by molar-refractivity contribution is 0.335. The fourth-order valence-electron chi connectivity index (χ4n) is 2.28. The number of benzene rings is 2. The van der Waals surface area contributed by atoms with E-state index < -0.39 is 17.7 Å². The molecular weight excluding hydrogens is 272 g/mol. The van der Waals surface area contributed by atoms with Crippen LogP contribution >= 0.6 is 0 Å². The van der Waals surface area contributed by atoms with E-state index in [1.807, 2.05) is 32.0 Å². The normalized spacial score (nSPS) is 12.3. The molecule has 2 N–H and O–H groups in total. The summed E-state index contributed by atoms with van der Waals surface area (Å²) in [6.07, 6.45) is 0. The Balaban J connectivity index is 2.51. The lowest BCUT2D eigenvalue weighted by atomic mass is 9.95. The Morgan fingerprint density at radius 2 is 1.76 bits per heavy atom. The molecule has 0 fully saturated rings. The van der Waals surface area contributed by atoms with Crippen LogP contribution in [0.2, 0.25) is 0 Å². The van der Waals surface area contributed by atoms with Gasteiger partial charge in [-0.25, -0.2) is 8.78 Å². The fraction of sp³-hybridized carbons (Fsp3) is 0.294. The molecule has 0 aromatic heterocycles. The molecule has 21 heavy (non-hydrogen) atoms. The van der Waals surface area contributed by atoms with Crippen LogP contribution in [-0.4, -0.2) is 6.61 Å². The number of halogens is 2. The molecule has 0 aliphatic rings. The highest BCUT2D eigenvalue weighted by Gasteiger charge is 2.19. The van der Waals surface area contributed by atoms with Gasteiger partial charge in [0.1, 0.15) is 17.4 Å². The van der Waals surface area contributed by atoms with E-state index in [1.54, 1.807) is 6.92 Å². The molecule has 2 aromatic rings. The van der Waals surface area contributed by atoms with Crippen molar-refractivity contribution >= 4 is 0 Å². The molecule has 0 amide bonds. The number of hydrogen-bond acceptors (Lipinski definition) is 2. The fourth-order valence-corrected chi connectivity index (χ4v) is 2.28. The standard InChI is InChI=1S/C17H19F2NO/c1-4-21-16-6-5-10(2)7-13(16)17(20)12-8-11(3)14(18)9-15(12)19/h5-9,17H,4,20H2,1-3H3. The minimum absolute atomic E-state index is 0.264. The van der Waals surface area contributed by atoms with Gasteiger partial charge >= 0.3 is 0 Å². The van der Waals surface area contributed by atoms with Crippen LogP contribution < -0.4 is 10.5 Å². The maximum atomic E-state index is 14.0. The van der Waals surface area contributed by atoms with E-state index in [1.165, 1.54) is 6.07 Å². The van der Waals surface area contributed by atoms with Gasteiger partial charge in [-0.15, -0.1) is 0 Å². The van der Waals surface area contributed by atoms with Crippen LogP contribution in [0.15, 0.2) is 30.3 Å². The van der Waals surface area contributed by atoms with Crippen LogP contribution in [0.25, 0.3) is 0 Å². The van der Waals surface area contributed by atoms with Gasteiger partial charge in [0.2, 0.25) is 0 Å². The van der Waals surface area contributed by atoms with Gasteiger partial charge < -0.3 is 10.5 Å². The third-order valence-electron chi connectivity index (χ3n) is 3.41. The molecule has 1 unspecified atom stereocenters. The topological polar surface area (TPSA) is 35.2 Å². The quantitative estimate of drug-likeness (QED) is 0.923. The zero-order valence-corrected chi connectivity index (χ0v) is 12.4. The molecule has 2 aromatic carbocycles. The van der Waals surface area contributed by atoms with Gasteiger partial charge in [-0.1, -0.05) is 17.7 Å². The Morgan fingerprint density at radius 1 is 1.05 bits per heavy atom. The summed E-state index contributed by atoms with van der Waals surface area (Å²) in [7, 11) is 0. The summed E-state index contributed by atoms with van der Waals surface area (Å²) in [5.41, 5.74) is 8.52. The maximum absolute atomic E-state index is 14.0. The second-order valence-corrected chi connectivity index (χ2v) is 5.07. The van der Waals surface area contributed by atoms with E-state index >= 15 is 0 Å². The van der Waals surface area contributed by atoms with Crippen molar-refractivity contribution in [3.05, 3.63) is 64.2 Å². The van der Waals surface area contributed by atoms with Crippen LogP contribution in [0, 0.1) is 25.5 Å². The molecule has 0 radical (unpaired) electrons. The van der Waals surface area contributed by atoms with Gasteiger partial charge in [0.25, 0.3) is 0 Å². The van der Waals surface area contributed by atoms with Crippen LogP contribution in [0.4, 0.5) is 8.78 Å². The third-order valence-corrected chi connectivity index (χ3v) is 3.41. The first-order chi connectivity index (χ1) is 9.93. The first kappa shape index (κ1) is 15.4. The van der Waals surface area contributed by atoms with Crippen molar-refractivity contribution in [2.24, 2.45) is 5.73 Å². The number of ether oxygens (including phenoxy) is 1. The van der Waals surface area contributed by atoms with Crippen LogP contribution in [-0.2, 0) is 0 Å². The second kappa shape index (κ2) is 6.22. The average molecular weight is 291 g/mol. The number of hydrogen-bond donors (Lipinski definition) is 1. The van der Waals surface area contributed by atoms with Crippen LogP contribution in [0.1, 0.15) is 35.2 Å². The molecule has 2 rings (SSSR count). The van der Waals surface area contributed by atoms with Crippen LogP contribution in [0.3, 0.4) is 0 Å². The van der Waals surface area contributed by atoms with E-state index in [9.17, 15) is 8.78 Å². The predicted molar refractivity (Wildman–Crippen MR) is 79.5 cm³/mol. The molecule has 0 saturated heterocycles. The molecule has 1 atom stereocenters. The summed E-state index contributed by atoms with van der Waals surface area (Å²) in [4.78, 5) is 0. The van der Waals surface area contributed by atoms with E-state index in [-0.39, 0.29) is 5.56 Å². The SMILES string of the molecule is CCOc1ccc(C)cc1C(N)c1cc(C)c(F)cc1F. The smallest absolute Gasteiger partial charge is 0.131 e. The zero-order valence-electron chi connectivity index (χ0n) is 12.4. The minimum Gasteiger partial charge on any atom is -0.494 e. The van der Waals surface area contributed by atoms with E-state index in [4.69, 9.17) is 10.5 Å². The molecule has 0 aliphatic heterocycles. The first-order valence-corrected chi connectivity index (χ1v) is 6.88. The molecule has 0 heterocycles. The Labute approximate surface area is 123 Å². The molecule has 0 saturated carbocycles. The molecular formula is C17H19F2NO. The second-order valence-electron chi connectivity index (χ2n) is 5.07. The summed E-state index contributed by atoms with van der Waals surface area (Å²) in [6, 6.07) is 7.23. The number of rotatable bonds is 4. The van der Waals surface area contributed by atoms with E-state index in [2.05, 4.69) is 0 Å². The van der Waals surface area contributed by atoms with Gasteiger partial charge in [-0.3, -0.25) is 0 Å². The Bertz CT molecular complexity index is 655.